The molecule has 2 rings (SSSR count). The first kappa shape index (κ1) is 16.8. The highest BCUT2D eigenvalue weighted by atomic mass is 35.5. The van der Waals surface area contributed by atoms with Crippen LogP contribution >= 0.6 is 23.2 Å². The smallest absolute Gasteiger partial charge is 0.119 e. The zero-order chi connectivity index (χ0) is 15.8. The number of benzene rings is 2. The summed E-state index contributed by atoms with van der Waals surface area (Å²) in [6.45, 7) is 4.36. The van der Waals surface area contributed by atoms with E-state index in [0.29, 0.717) is 10.0 Å². The molecule has 0 spiro atoms. The minimum atomic E-state index is 0.557. The average Bonchev–Trinajstić information content (AvgIpc) is 2.54. The van der Waals surface area contributed by atoms with Crippen LogP contribution in [0.4, 0.5) is 11.4 Å². The van der Waals surface area contributed by atoms with Crippen molar-refractivity contribution in [1.82, 2.24) is 0 Å². The molecule has 0 atom stereocenters. The third-order valence-electron chi connectivity index (χ3n) is 3.05. The first-order chi connectivity index (χ1) is 10.7. The highest BCUT2D eigenvalue weighted by Gasteiger charge is 2.02. The Morgan fingerprint density at radius 3 is 2.41 bits per heavy atom. The Morgan fingerprint density at radius 1 is 0.955 bits per heavy atom. The van der Waals surface area contributed by atoms with Crippen LogP contribution in [0.25, 0.3) is 0 Å². The number of rotatable bonds is 8. The molecule has 5 heteroatoms. The molecule has 0 unspecified atom stereocenters. The molecule has 0 fully saturated rings. The fourth-order valence-corrected chi connectivity index (χ4v) is 2.30. The molecule has 0 amide bonds. The van der Waals surface area contributed by atoms with Crippen molar-refractivity contribution in [3.05, 3.63) is 52.5 Å². The van der Waals surface area contributed by atoms with Gasteiger partial charge in [0, 0.05) is 18.8 Å². The van der Waals surface area contributed by atoms with Crippen molar-refractivity contribution in [2.45, 2.75) is 13.3 Å². The van der Waals surface area contributed by atoms with Gasteiger partial charge in [0.05, 0.1) is 22.3 Å². The van der Waals surface area contributed by atoms with Crippen molar-refractivity contribution in [3.8, 4) is 5.75 Å². The van der Waals surface area contributed by atoms with Crippen LogP contribution in [0.3, 0.4) is 0 Å². The third kappa shape index (κ3) is 5.00. The molecule has 2 N–H and O–H groups in total. The molecule has 0 aliphatic rings. The number of nitrogens with one attached hydrogen (secondary N) is 2. The molecule has 0 bridgehead atoms. The Morgan fingerprint density at radius 2 is 1.68 bits per heavy atom. The second-order valence-corrected chi connectivity index (χ2v) is 5.61. The van der Waals surface area contributed by atoms with Crippen LogP contribution in [0, 0.1) is 0 Å². The summed E-state index contributed by atoms with van der Waals surface area (Å²) in [6.07, 6.45) is 1.01. The lowest BCUT2D eigenvalue weighted by molar-refractivity contribution is 0.317. The zero-order valence-electron chi connectivity index (χ0n) is 12.5. The van der Waals surface area contributed by atoms with Crippen molar-refractivity contribution in [1.29, 1.82) is 0 Å². The second kappa shape index (κ2) is 8.76. The van der Waals surface area contributed by atoms with E-state index in [2.05, 4.69) is 17.6 Å². The number of hydrogen-bond acceptors (Lipinski definition) is 3. The number of halogens is 2. The van der Waals surface area contributed by atoms with Crippen LogP contribution in [0.15, 0.2) is 42.5 Å². The van der Waals surface area contributed by atoms with Gasteiger partial charge in [-0.2, -0.15) is 0 Å². The lowest BCUT2D eigenvalue weighted by atomic mass is 10.3. The lowest BCUT2D eigenvalue weighted by Crippen LogP contribution is -2.13. The summed E-state index contributed by atoms with van der Waals surface area (Å²) in [7, 11) is 0. The predicted octanol–water partition coefficient (Wildman–Crippen LogP) is 5.31. The van der Waals surface area contributed by atoms with E-state index in [1.165, 1.54) is 0 Å². The van der Waals surface area contributed by atoms with E-state index in [1.54, 1.807) is 6.07 Å². The molecule has 22 heavy (non-hydrogen) atoms. The van der Waals surface area contributed by atoms with Crippen LogP contribution in [0.2, 0.25) is 10.0 Å². The summed E-state index contributed by atoms with van der Waals surface area (Å²) in [6, 6.07) is 13.5. The summed E-state index contributed by atoms with van der Waals surface area (Å²) in [5, 5.41) is 7.71. The highest BCUT2D eigenvalue weighted by molar-refractivity contribution is 6.43. The Kier molecular flexibility index (Phi) is 6.69. The van der Waals surface area contributed by atoms with Crippen molar-refractivity contribution < 1.29 is 4.74 Å². The Hall–Kier alpha value is -1.58. The van der Waals surface area contributed by atoms with E-state index in [9.17, 15) is 0 Å². The van der Waals surface area contributed by atoms with Crippen LogP contribution in [0.5, 0.6) is 5.75 Å². The molecule has 0 aliphatic heterocycles. The summed E-state index contributed by atoms with van der Waals surface area (Å²) in [5.74, 6) is 0.899. The molecule has 2 aromatic carbocycles. The number of ether oxygens (including phenoxy) is 1. The standard InChI is InChI=1S/C17H20Cl2N2O/c1-2-12-22-14-8-6-13(7-9-14)20-10-11-21-16-5-3-4-15(18)17(16)19/h3-9,20-21H,2,10-12H2,1H3. The second-order valence-electron chi connectivity index (χ2n) is 4.83. The maximum atomic E-state index is 6.12. The van der Waals surface area contributed by atoms with Gasteiger partial charge in [-0.25, -0.2) is 0 Å². The lowest BCUT2D eigenvalue weighted by Gasteiger charge is -2.11. The molecule has 0 saturated carbocycles. The molecule has 2 aromatic rings. The summed E-state index contributed by atoms with van der Waals surface area (Å²) in [4.78, 5) is 0. The van der Waals surface area contributed by atoms with Crippen LogP contribution in [0.1, 0.15) is 13.3 Å². The van der Waals surface area contributed by atoms with E-state index in [-0.39, 0.29) is 0 Å². The third-order valence-corrected chi connectivity index (χ3v) is 3.87. The van der Waals surface area contributed by atoms with Gasteiger partial charge < -0.3 is 15.4 Å². The monoisotopic (exact) mass is 338 g/mol. The Bertz CT molecular complexity index is 588. The van der Waals surface area contributed by atoms with Crippen LogP contribution in [-0.2, 0) is 0 Å². The van der Waals surface area contributed by atoms with E-state index >= 15 is 0 Å². The van der Waals surface area contributed by atoms with Crippen molar-refractivity contribution in [3.63, 3.8) is 0 Å². The molecule has 3 nitrogen and oxygen atoms in total. The maximum Gasteiger partial charge on any atom is 0.119 e. The molecule has 0 radical (unpaired) electrons. The Labute approximate surface area is 141 Å². The summed E-state index contributed by atoms with van der Waals surface area (Å²) < 4.78 is 5.55. The SMILES string of the molecule is CCCOc1ccc(NCCNc2cccc(Cl)c2Cl)cc1. The quantitative estimate of drug-likeness (QED) is 0.640. The van der Waals surface area contributed by atoms with Gasteiger partial charge in [-0.05, 0) is 42.8 Å². The largest absolute Gasteiger partial charge is 0.494 e. The molecule has 0 saturated heterocycles. The van der Waals surface area contributed by atoms with Gasteiger partial charge in [0.15, 0.2) is 0 Å². The van der Waals surface area contributed by atoms with Gasteiger partial charge in [-0.1, -0.05) is 36.2 Å². The van der Waals surface area contributed by atoms with E-state index < -0.39 is 0 Å². The normalized spacial score (nSPS) is 10.3. The fourth-order valence-electron chi connectivity index (χ4n) is 1.93. The molecule has 0 heterocycles. The van der Waals surface area contributed by atoms with Crippen molar-refractivity contribution in [2.75, 3.05) is 30.3 Å². The summed E-state index contributed by atoms with van der Waals surface area (Å²) in [5.41, 5.74) is 1.90. The Balaban J connectivity index is 1.75. The minimum absolute atomic E-state index is 0.557. The van der Waals surface area contributed by atoms with Crippen molar-refractivity contribution in [2.24, 2.45) is 0 Å². The highest BCUT2D eigenvalue weighted by Crippen LogP contribution is 2.29. The molecular weight excluding hydrogens is 319 g/mol. The molecule has 118 valence electrons. The van der Waals surface area contributed by atoms with Gasteiger partial charge in [0.1, 0.15) is 5.75 Å². The van der Waals surface area contributed by atoms with Gasteiger partial charge >= 0.3 is 0 Å². The summed E-state index contributed by atoms with van der Waals surface area (Å²) >= 11 is 12.1. The van der Waals surface area contributed by atoms with Crippen LogP contribution in [-0.4, -0.2) is 19.7 Å². The fraction of sp³-hybridized carbons (Fsp3) is 0.294. The predicted molar refractivity (Wildman–Crippen MR) is 95.7 cm³/mol. The zero-order valence-corrected chi connectivity index (χ0v) is 14.0. The minimum Gasteiger partial charge on any atom is -0.494 e. The van der Waals surface area contributed by atoms with E-state index in [0.717, 1.165) is 43.2 Å². The van der Waals surface area contributed by atoms with Gasteiger partial charge in [-0.15, -0.1) is 0 Å². The topological polar surface area (TPSA) is 33.3 Å². The van der Waals surface area contributed by atoms with Gasteiger partial charge in [0.25, 0.3) is 0 Å². The number of hydrogen-bond donors (Lipinski definition) is 2. The van der Waals surface area contributed by atoms with Crippen molar-refractivity contribution >= 4 is 34.6 Å². The van der Waals surface area contributed by atoms with E-state index in [4.69, 9.17) is 27.9 Å². The van der Waals surface area contributed by atoms with Gasteiger partial charge in [0.2, 0.25) is 0 Å². The van der Waals surface area contributed by atoms with Gasteiger partial charge in [-0.3, -0.25) is 0 Å². The molecule has 0 aliphatic carbocycles. The first-order valence-corrected chi connectivity index (χ1v) is 8.11. The maximum absolute atomic E-state index is 6.12. The average molecular weight is 339 g/mol. The number of anilines is 2. The first-order valence-electron chi connectivity index (χ1n) is 7.35. The van der Waals surface area contributed by atoms with Crippen LogP contribution < -0.4 is 15.4 Å². The molecule has 0 aromatic heterocycles. The van der Waals surface area contributed by atoms with E-state index in [1.807, 2.05) is 36.4 Å². The molecular formula is C17H20Cl2N2O.